The standard InChI is InChI=1S/C14H24N2S/c1-6-9-15-11(2)12-7-8-13(16-10-12)17-14(3,4)5/h7-8,10-11,15H,6,9H2,1-5H3. The van der Waals surface area contributed by atoms with Crippen molar-refractivity contribution in [2.24, 2.45) is 0 Å². The molecule has 1 heterocycles. The van der Waals surface area contributed by atoms with Gasteiger partial charge in [-0.3, -0.25) is 0 Å². The summed E-state index contributed by atoms with van der Waals surface area (Å²) in [5, 5.41) is 4.57. The summed E-state index contributed by atoms with van der Waals surface area (Å²) in [4.78, 5) is 4.52. The minimum absolute atomic E-state index is 0.223. The Morgan fingerprint density at radius 2 is 2.06 bits per heavy atom. The zero-order valence-corrected chi connectivity index (χ0v) is 12.4. The molecule has 0 saturated carbocycles. The van der Waals surface area contributed by atoms with Gasteiger partial charge in [0, 0.05) is 17.0 Å². The first kappa shape index (κ1) is 14.5. The Morgan fingerprint density at radius 1 is 1.35 bits per heavy atom. The van der Waals surface area contributed by atoms with Crippen molar-refractivity contribution < 1.29 is 0 Å². The van der Waals surface area contributed by atoms with Crippen LogP contribution < -0.4 is 5.32 Å². The average Bonchev–Trinajstić information content (AvgIpc) is 2.24. The number of nitrogens with one attached hydrogen (secondary N) is 1. The second-order valence-corrected chi connectivity index (χ2v) is 7.17. The Labute approximate surface area is 110 Å². The van der Waals surface area contributed by atoms with E-state index in [4.69, 9.17) is 0 Å². The number of nitrogens with zero attached hydrogens (tertiary/aromatic N) is 1. The molecule has 1 aromatic heterocycles. The van der Waals surface area contributed by atoms with Gasteiger partial charge >= 0.3 is 0 Å². The van der Waals surface area contributed by atoms with Crippen molar-refractivity contribution in [3.05, 3.63) is 23.9 Å². The molecule has 2 nitrogen and oxygen atoms in total. The predicted octanol–water partition coefficient (Wildman–Crippen LogP) is 4.03. The highest BCUT2D eigenvalue weighted by Crippen LogP contribution is 2.30. The van der Waals surface area contributed by atoms with Crippen LogP contribution in [0.3, 0.4) is 0 Å². The molecule has 96 valence electrons. The minimum atomic E-state index is 0.223. The normalized spacial score (nSPS) is 13.7. The van der Waals surface area contributed by atoms with E-state index in [2.05, 4.69) is 57.1 Å². The van der Waals surface area contributed by atoms with Crippen molar-refractivity contribution in [1.82, 2.24) is 10.3 Å². The van der Waals surface area contributed by atoms with Crippen LogP contribution >= 0.6 is 11.8 Å². The van der Waals surface area contributed by atoms with Crippen LogP contribution in [0.1, 0.15) is 52.6 Å². The van der Waals surface area contributed by atoms with Crippen LogP contribution in [0.15, 0.2) is 23.4 Å². The maximum absolute atomic E-state index is 4.52. The molecular weight excluding hydrogens is 228 g/mol. The molecule has 17 heavy (non-hydrogen) atoms. The number of hydrogen-bond donors (Lipinski definition) is 1. The molecule has 0 radical (unpaired) electrons. The van der Waals surface area contributed by atoms with E-state index in [0.29, 0.717) is 6.04 Å². The second kappa shape index (κ2) is 6.41. The van der Waals surface area contributed by atoms with Gasteiger partial charge in [-0.1, -0.05) is 33.8 Å². The summed E-state index contributed by atoms with van der Waals surface area (Å²) in [6, 6.07) is 4.68. The van der Waals surface area contributed by atoms with Gasteiger partial charge in [0.25, 0.3) is 0 Å². The minimum Gasteiger partial charge on any atom is -0.310 e. The molecule has 0 aliphatic heterocycles. The van der Waals surface area contributed by atoms with E-state index in [1.54, 1.807) is 0 Å². The number of thioether (sulfide) groups is 1. The average molecular weight is 252 g/mol. The first-order chi connectivity index (χ1) is 7.92. The van der Waals surface area contributed by atoms with Crippen molar-refractivity contribution >= 4 is 11.8 Å². The molecular formula is C14H24N2S. The van der Waals surface area contributed by atoms with E-state index < -0.39 is 0 Å². The molecule has 3 heteroatoms. The van der Waals surface area contributed by atoms with Gasteiger partial charge in [0.1, 0.15) is 0 Å². The van der Waals surface area contributed by atoms with E-state index >= 15 is 0 Å². The van der Waals surface area contributed by atoms with Gasteiger partial charge in [-0.05, 0) is 31.5 Å². The molecule has 0 fully saturated rings. The summed E-state index contributed by atoms with van der Waals surface area (Å²) in [5.74, 6) is 0. The van der Waals surface area contributed by atoms with E-state index in [1.165, 1.54) is 5.56 Å². The first-order valence-corrected chi connectivity index (χ1v) is 7.12. The number of aromatic nitrogens is 1. The molecule has 0 aromatic carbocycles. The summed E-state index contributed by atoms with van der Waals surface area (Å²) < 4.78 is 0.223. The fourth-order valence-corrected chi connectivity index (χ4v) is 2.37. The zero-order valence-electron chi connectivity index (χ0n) is 11.6. The molecule has 1 aromatic rings. The quantitative estimate of drug-likeness (QED) is 0.801. The Hall–Kier alpha value is -0.540. The summed E-state index contributed by atoms with van der Waals surface area (Å²) in [6.07, 6.45) is 3.15. The van der Waals surface area contributed by atoms with Crippen LogP contribution in [0.2, 0.25) is 0 Å². The molecule has 0 aliphatic rings. The number of rotatable bonds is 5. The lowest BCUT2D eigenvalue weighted by atomic mass is 10.1. The van der Waals surface area contributed by atoms with Crippen molar-refractivity contribution in [1.29, 1.82) is 0 Å². The van der Waals surface area contributed by atoms with E-state index in [1.807, 2.05) is 18.0 Å². The maximum atomic E-state index is 4.52. The van der Waals surface area contributed by atoms with Crippen molar-refractivity contribution in [2.75, 3.05) is 6.54 Å². The maximum Gasteiger partial charge on any atom is 0.0965 e. The van der Waals surface area contributed by atoms with Crippen LogP contribution in [0.4, 0.5) is 0 Å². The highest BCUT2D eigenvalue weighted by Gasteiger charge is 2.13. The van der Waals surface area contributed by atoms with Crippen molar-refractivity contribution in [3.8, 4) is 0 Å². The van der Waals surface area contributed by atoms with Crippen molar-refractivity contribution in [3.63, 3.8) is 0 Å². The Kier molecular flexibility index (Phi) is 5.47. The van der Waals surface area contributed by atoms with Crippen LogP contribution in [0.5, 0.6) is 0 Å². The monoisotopic (exact) mass is 252 g/mol. The van der Waals surface area contributed by atoms with Crippen LogP contribution in [0.25, 0.3) is 0 Å². The van der Waals surface area contributed by atoms with Crippen LogP contribution in [-0.4, -0.2) is 16.3 Å². The van der Waals surface area contributed by atoms with Gasteiger partial charge in [0.15, 0.2) is 0 Å². The third-order valence-electron chi connectivity index (χ3n) is 2.37. The SMILES string of the molecule is CCCNC(C)c1ccc(SC(C)(C)C)nc1. The van der Waals surface area contributed by atoms with Crippen LogP contribution in [-0.2, 0) is 0 Å². The topological polar surface area (TPSA) is 24.9 Å². The molecule has 1 rings (SSSR count). The summed E-state index contributed by atoms with van der Waals surface area (Å²) in [7, 11) is 0. The van der Waals surface area contributed by atoms with Crippen LogP contribution in [0, 0.1) is 0 Å². The molecule has 0 bridgehead atoms. The van der Waals surface area contributed by atoms with Gasteiger partial charge in [-0.2, -0.15) is 0 Å². The first-order valence-electron chi connectivity index (χ1n) is 6.30. The molecule has 0 saturated heterocycles. The lowest BCUT2D eigenvalue weighted by Gasteiger charge is -2.18. The lowest BCUT2D eigenvalue weighted by Crippen LogP contribution is -2.19. The fraction of sp³-hybridized carbons (Fsp3) is 0.643. The summed E-state index contributed by atoms with van der Waals surface area (Å²) >= 11 is 1.81. The smallest absolute Gasteiger partial charge is 0.0965 e. The van der Waals surface area contributed by atoms with E-state index in [0.717, 1.165) is 18.0 Å². The molecule has 1 N–H and O–H groups in total. The van der Waals surface area contributed by atoms with E-state index in [-0.39, 0.29) is 4.75 Å². The second-order valence-electron chi connectivity index (χ2n) is 5.32. The fourth-order valence-electron chi connectivity index (χ4n) is 1.50. The summed E-state index contributed by atoms with van der Waals surface area (Å²) in [6.45, 7) is 12.0. The highest BCUT2D eigenvalue weighted by molar-refractivity contribution is 8.00. The number of hydrogen-bond acceptors (Lipinski definition) is 3. The molecule has 0 amide bonds. The van der Waals surface area contributed by atoms with Gasteiger partial charge in [-0.25, -0.2) is 4.98 Å². The van der Waals surface area contributed by atoms with Gasteiger partial charge in [0.05, 0.1) is 5.03 Å². The molecule has 0 aliphatic carbocycles. The molecule has 0 spiro atoms. The largest absolute Gasteiger partial charge is 0.310 e. The Morgan fingerprint density at radius 3 is 2.53 bits per heavy atom. The summed E-state index contributed by atoms with van der Waals surface area (Å²) in [5.41, 5.74) is 1.26. The Bertz CT molecular complexity index is 327. The Balaban J connectivity index is 2.61. The van der Waals surface area contributed by atoms with Gasteiger partial charge in [-0.15, -0.1) is 11.8 Å². The molecule has 1 atom stereocenters. The van der Waals surface area contributed by atoms with E-state index in [9.17, 15) is 0 Å². The predicted molar refractivity (Wildman–Crippen MR) is 76.6 cm³/mol. The molecule has 1 unspecified atom stereocenters. The number of pyridine rings is 1. The highest BCUT2D eigenvalue weighted by atomic mass is 32.2. The van der Waals surface area contributed by atoms with Crippen molar-refractivity contribution in [2.45, 2.75) is 56.9 Å². The lowest BCUT2D eigenvalue weighted by molar-refractivity contribution is 0.568. The third kappa shape index (κ3) is 5.55. The van der Waals surface area contributed by atoms with Gasteiger partial charge in [0.2, 0.25) is 0 Å². The third-order valence-corrected chi connectivity index (χ3v) is 3.43. The zero-order chi connectivity index (χ0) is 12.9. The van der Waals surface area contributed by atoms with Gasteiger partial charge < -0.3 is 5.32 Å².